The van der Waals surface area contributed by atoms with Gasteiger partial charge in [0.15, 0.2) is 10.9 Å². The molecule has 1 amide bonds. The summed E-state index contributed by atoms with van der Waals surface area (Å²) in [6, 6.07) is 12.9. The molecule has 1 N–H and O–H groups in total. The number of methoxy groups -OCH3 is 1. The number of aliphatic hydroxyl groups excluding tert-OH is 1. The monoisotopic (exact) mass is 506 g/mol. The maximum atomic E-state index is 14.4. The molecule has 0 radical (unpaired) electrons. The molecule has 3 aromatic carbocycles. The normalized spacial score (nSPS) is 17.2. The summed E-state index contributed by atoms with van der Waals surface area (Å²) in [7, 11) is 1.52. The van der Waals surface area contributed by atoms with Crippen LogP contribution in [-0.4, -0.2) is 28.9 Å². The number of hydrogen-bond donors (Lipinski definition) is 1. The van der Waals surface area contributed by atoms with E-state index in [4.69, 9.17) is 4.74 Å². The Hall–Kier alpha value is -4.11. The minimum Gasteiger partial charge on any atom is -0.507 e. The van der Waals surface area contributed by atoms with E-state index in [-0.39, 0.29) is 26.7 Å². The fraction of sp³-hybridized carbons (Fsp3) is 0.148. The van der Waals surface area contributed by atoms with Crippen LogP contribution in [0.4, 0.5) is 13.9 Å². The number of aromatic nitrogens is 1. The van der Waals surface area contributed by atoms with Gasteiger partial charge in [-0.05, 0) is 49.2 Å². The summed E-state index contributed by atoms with van der Waals surface area (Å²) < 4.78 is 33.6. The number of rotatable bonds is 4. The molecular weight excluding hydrogens is 486 g/mol. The number of nitrogens with zero attached hydrogens (tertiary/aromatic N) is 2. The van der Waals surface area contributed by atoms with Crippen molar-refractivity contribution in [2.75, 3.05) is 12.0 Å². The van der Waals surface area contributed by atoms with Gasteiger partial charge in [0.25, 0.3) is 5.78 Å². The topological polar surface area (TPSA) is 79.7 Å². The SMILES string of the molecule is COc1ccc(/C(O)=C2\C(=O)C(=O)N(c3nc4c(F)cc(F)cc4s3)C2c2cccc(C)c2)c(C)c1. The number of carbonyl (C=O) groups excluding carboxylic acids is 2. The van der Waals surface area contributed by atoms with Crippen molar-refractivity contribution in [3.8, 4) is 5.75 Å². The molecule has 0 bridgehead atoms. The summed E-state index contributed by atoms with van der Waals surface area (Å²) in [6.07, 6.45) is 0. The number of thiazole rings is 1. The van der Waals surface area contributed by atoms with Crippen molar-refractivity contribution in [3.63, 3.8) is 0 Å². The largest absolute Gasteiger partial charge is 0.507 e. The van der Waals surface area contributed by atoms with Crippen LogP contribution in [0.5, 0.6) is 5.75 Å². The number of aryl methyl sites for hydroxylation is 2. The zero-order valence-corrected chi connectivity index (χ0v) is 20.3. The lowest BCUT2D eigenvalue weighted by Crippen LogP contribution is -2.29. The summed E-state index contributed by atoms with van der Waals surface area (Å²) in [4.78, 5) is 32.1. The van der Waals surface area contributed by atoms with E-state index in [2.05, 4.69) is 4.98 Å². The van der Waals surface area contributed by atoms with Crippen molar-refractivity contribution in [2.24, 2.45) is 0 Å². The lowest BCUT2D eigenvalue weighted by atomic mass is 9.93. The second-order valence-corrected chi connectivity index (χ2v) is 9.50. The summed E-state index contributed by atoms with van der Waals surface area (Å²) in [6.45, 7) is 3.61. The molecule has 182 valence electrons. The summed E-state index contributed by atoms with van der Waals surface area (Å²) in [5.41, 5.74) is 2.21. The third-order valence-corrected chi connectivity index (χ3v) is 7.10. The fourth-order valence-corrected chi connectivity index (χ4v) is 5.44. The van der Waals surface area contributed by atoms with Gasteiger partial charge in [-0.2, -0.15) is 0 Å². The number of benzene rings is 3. The molecule has 1 aliphatic rings. The van der Waals surface area contributed by atoms with Gasteiger partial charge in [0, 0.05) is 11.6 Å². The standard InChI is InChI=1S/C27H20F2N2O4S/c1-13-5-4-6-15(9-13)23-21(24(32)18-8-7-17(35-3)10-14(18)2)25(33)26(34)31(23)27-30-22-19(29)11-16(28)12-20(22)36-27/h4-12,23,32H,1-3H3/b24-21+. The van der Waals surface area contributed by atoms with Crippen LogP contribution in [-0.2, 0) is 9.59 Å². The third-order valence-electron chi connectivity index (χ3n) is 6.10. The Morgan fingerprint density at radius 1 is 1.08 bits per heavy atom. The molecule has 5 rings (SSSR count). The molecule has 0 spiro atoms. The third kappa shape index (κ3) is 3.81. The molecule has 36 heavy (non-hydrogen) atoms. The molecule has 6 nitrogen and oxygen atoms in total. The molecule has 0 saturated carbocycles. The number of fused-ring (bicyclic) bond motifs is 1. The van der Waals surface area contributed by atoms with Gasteiger partial charge < -0.3 is 9.84 Å². The highest BCUT2D eigenvalue weighted by Gasteiger charge is 2.48. The van der Waals surface area contributed by atoms with Crippen LogP contribution in [0.2, 0.25) is 0 Å². The first-order valence-electron chi connectivity index (χ1n) is 11.0. The van der Waals surface area contributed by atoms with Crippen molar-refractivity contribution < 1.29 is 28.2 Å². The molecule has 0 aliphatic carbocycles. The summed E-state index contributed by atoms with van der Waals surface area (Å²) in [5, 5.41) is 11.4. The Bertz CT molecular complexity index is 1590. The van der Waals surface area contributed by atoms with Crippen molar-refractivity contribution in [1.29, 1.82) is 0 Å². The maximum absolute atomic E-state index is 14.4. The van der Waals surface area contributed by atoms with Crippen LogP contribution in [0.1, 0.15) is 28.3 Å². The van der Waals surface area contributed by atoms with E-state index < -0.39 is 29.4 Å². The number of carbonyl (C=O) groups is 2. The van der Waals surface area contributed by atoms with Crippen molar-refractivity contribution in [2.45, 2.75) is 19.9 Å². The van der Waals surface area contributed by atoms with Crippen molar-refractivity contribution >= 4 is 44.1 Å². The average molecular weight is 507 g/mol. The lowest BCUT2D eigenvalue weighted by Gasteiger charge is -2.23. The van der Waals surface area contributed by atoms with Gasteiger partial charge in [-0.15, -0.1) is 0 Å². The van der Waals surface area contributed by atoms with E-state index in [1.807, 2.05) is 13.0 Å². The quantitative estimate of drug-likeness (QED) is 0.214. The smallest absolute Gasteiger partial charge is 0.301 e. The summed E-state index contributed by atoms with van der Waals surface area (Å²) in [5.74, 6) is -3.24. The van der Waals surface area contributed by atoms with Crippen LogP contribution in [0.15, 0.2) is 60.2 Å². The second kappa shape index (κ2) is 8.83. The number of ketones is 1. The van der Waals surface area contributed by atoms with E-state index in [0.717, 1.165) is 27.9 Å². The Labute approximate surface area is 209 Å². The maximum Gasteiger partial charge on any atom is 0.301 e. The zero-order chi connectivity index (χ0) is 25.7. The van der Waals surface area contributed by atoms with Gasteiger partial charge in [-0.25, -0.2) is 13.8 Å². The zero-order valence-electron chi connectivity index (χ0n) is 19.5. The van der Waals surface area contributed by atoms with Crippen LogP contribution in [0, 0.1) is 25.5 Å². The molecule has 1 unspecified atom stereocenters. The molecule has 1 aromatic heterocycles. The number of halogens is 2. The molecule has 1 atom stereocenters. The Balaban J connectivity index is 1.75. The number of ether oxygens (including phenoxy) is 1. The molecule has 2 heterocycles. The lowest BCUT2D eigenvalue weighted by molar-refractivity contribution is -0.132. The number of hydrogen-bond acceptors (Lipinski definition) is 6. The van der Waals surface area contributed by atoms with Crippen LogP contribution in [0.25, 0.3) is 16.0 Å². The van der Waals surface area contributed by atoms with Gasteiger partial charge >= 0.3 is 5.91 Å². The van der Waals surface area contributed by atoms with Gasteiger partial charge in [0.1, 0.15) is 22.8 Å². The summed E-state index contributed by atoms with van der Waals surface area (Å²) >= 11 is 0.890. The molecule has 1 aliphatic heterocycles. The Kier molecular flexibility index (Phi) is 5.80. The highest BCUT2D eigenvalue weighted by molar-refractivity contribution is 7.22. The molecule has 4 aromatic rings. The van der Waals surface area contributed by atoms with E-state index in [1.165, 1.54) is 7.11 Å². The van der Waals surface area contributed by atoms with E-state index in [0.29, 0.717) is 28.5 Å². The number of anilines is 1. The Morgan fingerprint density at radius 3 is 2.56 bits per heavy atom. The molecular formula is C27H20F2N2O4S. The van der Waals surface area contributed by atoms with E-state index in [9.17, 15) is 23.5 Å². The first kappa shape index (κ1) is 23.6. The van der Waals surface area contributed by atoms with Gasteiger partial charge in [-0.3, -0.25) is 14.5 Å². The fourth-order valence-electron chi connectivity index (χ4n) is 4.41. The van der Waals surface area contributed by atoms with Crippen LogP contribution >= 0.6 is 11.3 Å². The highest BCUT2D eigenvalue weighted by Crippen LogP contribution is 2.45. The van der Waals surface area contributed by atoms with Crippen molar-refractivity contribution in [3.05, 3.63) is 94.1 Å². The van der Waals surface area contributed by atoms with Crippen LogP contribution in [0.3, 0.4) is 0 Å². The van der Waals surface area contributed by atoms with Crippen LogP contribution < -0.4 is 9.64 Å². The molecule has 1 saturated heterocycles. The second-order valence-electron chi connectivity index (χ2n) is 8.49. The van der Waals surface area contributed by atoms with E-state index >= 15 is 0 Å². The van der Waals surface area contributed by atoms with Gasteiger partial charge in [-0.1, -0.05) is 41.2 Å². The predicted molar refractivity (Wildman–Crippen MR) is 133 cm³/mol. The van der Waals surface area contributed by atoms with E-state index in [1.54, 1.807) is 43.3 Å². The van der Waals surface area contributed by atoms with Gasteiger partial charge in [0.05, 0.1) is 23.4 Å². The number of Topliss-reactive ketones (excluding diaryl/α,β-unsaturated/α-hetero) is 1. The molecule has 9 heteroatoms. The Morgan fingerprint density at radius 2 is 1.86 bits per heavy atom. The number of aliphatic hydroxyl groups is 1. The minimum absolute atomic E-state index is 0.0219. The predicted octanol–water partition coefficient (Wildman–Crippen LogP) is 5.83. The minimum atomic E-state index is -1.03. The van der Waals surface area contributed by atoms with Crippen molar-refractivity contribution in [1.82, 2.24) is 4.98 Å². The first-order valence-corrected chi connectivity index (χ1v) is 11.8. The first-order chi connectivity index (χ1) is 17.2. The van der Waals surface area contributed by atoms with Gasteiger partial charge in [0.2, 0.25) is 0 Å². The number of amides is 1. The average Bonchev–Trinajstić information content (AvgIpc) is 3.37. The molecule has 1 fully saturated rings. The highest BCUT2D eigenvalue weighted by atomic mass is 32.1.